The molecule has 0 aliphatic heterocycles. The Morgan fingerprint density at radius 2 is 1.76 bits per heavy atom. The van der Waals surface area contributed by atoms with Crippen molar-refractivity contribution in [2.45, 2.75) is 6.92 Å². The van der Waals surface area contributed by atoms with Gasteiger partial charge in [-0.25, -0.2) is 9.78 Å². The summed E-state index contributed by atoms with van der Waals surface area (Å²) >= 11 is 0. The van der Waals surface area contributed by atoms with Gasteiger partial charge in [-0.05, 0) is 25.1 Å². The lowest BCUT2D eigenvalue weighted by molar-refractivity contribution is 0.0527. The van der Waals surface area contributed by atoms with Gasteiger partial charge < -0.3 is 4.74 Å². The number of esters is 1. The van der Waals surface area contributed by atoms with Crippen LogP contribution in [-0.4, -0.2) is 17.6 Å². The second-order valence-corrected chi connectivity index (χ2v) is 4.66. The van der Waals surface area contributed by atoms with Gasteiger partial charge in [0.2, 0.25) is 0 Å². The Hall–Kier alpha value is -2.68. The Kier molecular flexibility index (Phi) is 3.65. The van der Waals surface area contributed by atoms with Gasteiger partial charge in [0.05, 0.1) is 23.4 Å². The molecule has 0 bridgehead atoms. The SMILES string of the molecule is CCOC(=O)c1ccccc1-c1ccc2ccccc2n1. The van der Waals surface area contributed by atoms with Crippen LogP contribution in [0.3, 0.4) is 0 Å². The number of carbonyl (C=O) groups is 1. The lowest BCUT2D eigenvalue weighted by Crippen LogP contribution is -2.06. The Balaban J connectivity index is 2.12. The van der Waals surface area contributed by atoms with E-state index in [0.717, 1.165) is 22.2 Å². The summed E-state index contributed by atoms with van der Waals surface area (Å²) in [6, 6.07) is 19.3. The molecule has 104 valence electrons. The molecule has 0 fully saturated rings. The molecule has 3 aromatic rings. The van der Waals surface area contributed by atoms with E-state index in [-0.39, 0.29) is 5.97 Å². The van der Waals surface area contributed by atoms with Crippen LogP contribution < -0.4 is 0 Å². The van der Waals surface area contributed by atoms with Gasteiger partial charge >= 0.3 is 5.97 Å². The summed E-state index contributed by atoms with van der Waals surface area (Å²) in [5, 5.41) is 1.08. The molecule has 0 spiro atoms. The zero-order chi connectivity index (χ0) is 14.7. The number of ether oxygens (including phenoxy) is 1. The van der Waals surface area contributed by atoms with E-state index in [9.17, 15) is 4.79 Å². The van der Waals surface area contributed by atoms with Crippen LogP contribution in [0.25, 0.3) is 22.2 Å². The largest absolute Gasteiger partial charge is 0.462 e. The fourth-order valence-electron chi connectivity index (χ4n) is 2.31. The highest BCUT2D eigenvalue weighted by molar-refractivity contribution is 5.97. The van der Waals surface area contributed by atoms with Crippen molar-refractivity contribution in [3.05, 3.63) is 66.2 Å². The second-order valence-electron chi connectivity index (χ2n) is 4.66. The summed E-state index contributed by atoms with van der Waals surface area (Å²) in [5.74, 6) is -0.317. The van der Waals surface area contributed by atoms with Gasteiger partial charge in [0, 0.05) is 10.9 Å². The summed E-state index contributed by atoms with van der Waals surface area (Å²) in [6.45, 7) is 2.16. The Bertz CT molecular complexity index is 796. The standard InChI is InChI=1S/C18H15NO2/c1-2-21-18(20)15-9-5-4-8-14(15)17-12-11-13-7-3-6-10-16(13)19-17/h3-12H,2H2,1H3. The Labute approximate surface area is 123 Å². The van der Waals surface area contributed by atoms with E-state index in [1.165, 1.54) is 0 Å². The van der Waals surface area contributed by atoms with Gasteiger partial charge in [-0.3, -0.25) is 0 Å². The molecule has 3 rings (SSSR count). The highest BCUT2D eigenvalue weighted by atomic mass is 16.5. The minimum absolute atomic E-state index is 0.317. The zero-order valence-electron chi connectivity index (χ0n) is 11.7. The predicted octanol–water partition coefficient (Wildman–Crippen LogP) is 4.08. The van der Waals surface area contributed by atoms with Crippen LogP contribution in [0.15, 0.2) is 60.7 Å². The molecule has 0 aliphatic carbocycles. The molecule has 0 atom stereocenters. The van der Waals surface area contributed by atoms with E-state index in [1.54, 1.807) is 13.0 Å². The number of rotatable bonds is 3. The van der Waals surface area contributed by atoms with Gasteiger partial charge in [-0.2, -0.15) is 0 Å². The van der Waals surface area contributed by atoms with Crippen LogP contribution in [0, 0.1) is 0 Å². The normalized spacial score (nSPS) is 10.5. The minimum atomic E-state index is -0.317. The monoisotopic (exact) mass is 277 g/mol. The van der Waals surface area contributed by atoms with Crippen LogP contribution in [0.1, 0.15) is 17.3 Å². The quantitative estimate of drug-likeness (QED) is 0.677. The highest BCUT2D eigenvalue weighted by Crippen LogP contribution is 2.24. The Morgan fingerprint density at radius 1 is 1.00 bits per heavy atom. The van der Waals surface area contributed by atoms with E-state index >= 15 is 0 Å². The Morgan fingerprint density at radius 3 is 2.62 bits per heavy atom. The molecule has 1 aromatic heterocycles. The summed E-state index contributed by atoms with van der Waals surface area (Å²) < 4.78 is 5.11. The molecular formula is C18H15NO2. The molecule has 0 aliphatic rings. The molecular weight excluding hydrogens is 262 g/mol. The first-order valence-electron chi connectivity index (χ1n) is 6.92. The molecule has 3 heteroatoms. The smallest absolute Gasteiger partial charge is 0.338 e. The van der Waals surface area contributed by atoms with Crippen LogP contribution in [0.5, 0.6) is 0 Å². The zero-order valence-corrected chi connectivity index (χ0v) is 11.7. The van der Waals surface area contributed by atoms with E-state index in [4.69, 9.17) is 4.74 Å². The molecule has 0 N–H and O–H groups in total. The number of para-hydroxylation sites is 1. The van der Waals surface area contributed by atoms with Crippen molar-refractivity contribution in [1.29, 1.82) is 0 Å². The van der Waals surface area contributed by atoms with Crippen molar-refractivity contribution in [2.75, 3.05) is 6.61 Å². The molecule has 3 nitrogen and oxygen atoms in total. The van der Waals surface area contributed by atoms with Gasteiger partial charge in [-0.15, -0.1) is 0 Å². The van der Waals surface area contributed by atoms with Crippen molar-refractivity contribution in [2.24, 2.45) is 0 Å². The maximum Gasteiger partial charge on any atom is 0.338 e. The summed E-state index contributed by atoms with van der Waals surface area (Å²) in [5.41, 5.74) is 3.02. The topological polar surface area (TPSA) is 39.2 Å². The average molecular weight is 277 g/mol. The maximum atomic E-state index is 12.1. The molecule has 0 radical (unpaired) electrons. The number of carbonyl (C=O) groups excluding carboxylic acids is 1. The lowest BCUT2D eigenvalue weighted by atomic mass is 10.0. The fraction of sp³-hybridized carbons (Fsp3) is 0.111. The predicted molar refractivity (Wildman–Crippen MR) is 83.1 cm³/mol. The minimum Gasteiger partial charge on any atom is -0.462 e. The number of benzene rings is 2. The van der Waals surface area contributed by atoms with Gasteiger partial charge in [0.1, 0.15) is 0 Å². The lowest BCUT2D eigenvalue weighted by Gasteiger charge is -2.09. The van der Waals surface area contributed by atoms with E-state index in [2.05, 4.69) is 4.98 Å². The maximum absolute atomic E-state index is 12.1. The van der Waals surface area contributed by atoms with Crippen molar-refractivity contribution in [3.8, 4) is 11.3 Å². The van der Waals surface area contributed by atoms with Crippen LogP contribution >= 0.6 is 0 Å². The molecule has 0 saturated heterocycles. The third kappa shape index (κ3) is 2.63. The highest BCUT2D eigenvalue weighted by Gasteiger charge is 2.14. The van der Waals surface area contributed by atoms with Gasteiger partial charge in [0.15, 0.2) is 0 Å². The van der Waals surface area contributed by atoms with E-state index in [0.29, 0.717) is 12.2 Å². The number of aromatic nitrogens is 1. The average Bonchev–Trinajstić information content (AvgIpc) is 2.54. The van der Waals surface area contributed by atoms with Crippen molar-refractivity contribution in [1.82, 2.24) is 4.98 Å². The molecule has 21 heavy (non-hydrogen) atoms. The number of nitrogens with zero attached hydrogens (tertiary/aromatic N) is 1. The third-order valence-electron chi connectivity index (χ3n) is 3.30. The summed E-state index contributed by atoms with van der Waals surface area (Å²) in [4.78, 5) is 16.7. The van der Waals surface area contributed by atoms with Crippen LogP contribution in [-0.2, 0) is 4.74 Å². The third-order valence-corrected chi connectivity index (χ3v) is 3.30. The number of fused-ring (bicyclic) bond motifs is 1. The first-order valence-corrected chi connectivity index (χ1v) is 6.92. The molecule has 2 aromatic carbocycles. The van der Waals surface area contributed by atoms with E-state index < -0.39 is 0 Å². The van der Waals surface area contributed by atoms with Crippen molar-refractivity contribution < 1.29 is 9.53 Å². The second kappa shape index (κ2) is 5.75. The van der Waals surface area contributed by atoms with Crippen molar-refractivity contribution >= 4 is 16.9 Å². The first kappa shape index (κ1) is 13.3. The summed E-state index contributed by atoms with van der Waals surface area (Å²) in [6.07, 6.45) is 0. The molecule has 0 saturated carbocycles. The molecule has 0 amide bonds. The first-order chi connectivity index (χ1) is 10.3. The van der Waals surface area contributed by atoms with Crippen molar-refractivity contribution in [3.63, 3.8) is 0 Å². The van der Waals surface area contributed by atoms with Gasteiger partial charge in [0.25, 0.3) is 0 Å². The molecule has 0 unspecified atom stereocenters. The fourth-order valence-corrected chi connectivity index (χ4v) is 2.31. The van der Waals surface area contributed by atoms with E-state index in [1.807, 2.05) is 54.6 Å². The van der Waals surface area contributed by atoms with Crippen LogP contribution in [0.2, 0.25) is 0 Å². The van der Waals surface area contributed by atoms with Gasteiger partial charge in [-0.1, -0.05) is 42.5 Å². The van der Waals surface area contributed by atoms with Crippen LogP contribution in [0.4, 0.5) is 0 Å². The molecule has 1 heterocycles. The number of hydrogen-bond acceptors (Lipinski definition) is 3. The number of hydrogen-bond donors (Lipinski definition) is 0. The number of pyridine rings is 1. The summed E-state index contributed by atoms with van der Waals surface area (Å²) in [7, 11) is 0.